The molecule has 0 bridgehead atoms. The van der Waals surface area contributed by atoms with E-state index in [-0.39, 0.29) is 30.8 Å². The van der Waals surface area contributed by atoms with Gasteiger partial charge in [-0.2, -0.15) is 13.2 Å². The van der Waals surface area contributed by atoms with Crippen molar-refractivity contribution in [3.8, 4) is 0 Å². The number of ether oxygens (including phenoxy) is 1. The van der Waals surface area contributed by atoms with Crippen LogP contribution in [0.4, 0.5) is 32.6 Å². The van der Waals surface area contributed by atoms with Crippen molar-refractivity contribution in [2.45, 2.75) is 62.9 Å². The van der Waals surface area contributed by atoms with Crippen molar-refractivity contribution >= 4 is 17.8 Å². The van der Waals surface area contributed by atoms with E-state index in [0.717, 1.165) is 0 Å². The van der Waals surface area contributed by atoms with Crippen molar-refractivity contribution in [3.63, 3.8) is 0 Å². The van der Waals surface area contributed by atoms with E-state index in [0.29, 0.717) is 5.56 Å². The van der Waals surface area contributed by atoms with Crippen LogP contribution in [-0.2, 0) is 16.1 Å². The first kappa shape index (κ1) is 27.3. The summed E-state index contributed by atoms with van der Waals surface area (Å²) >= 11 is 0. The zero-order valence-corrected chi connectivity index (χ0v) is 19.2. The first-order valence-corrected chi connectivity index (χ1v) is 11.4. The highest BCUT2D eigenvalue weighted by Gasteiger charge is 2.40. The van der Waals surface area contributed by atoms with Crippen LogP contribution in [0.15, 0.2) is 48.7 Å². The Morgan fingerprint density at radius 1 is 1.14 bits per heavy atom. The van der Waals surface area contributed by atoms with E-state index >= 15 is 0 Å². The van der Waals surface area contributed by atoms with Crippen LogP contribution in [0.2, 0.25) is 0 Å². The fraction of sp³-hybridized carbons (Fsp3) is 0.458. The molecule has 196 valence electrons. The molecule has 1 heterocycles. The van der Waals surface area contributed by atoms with Gasteiger partial charge in [0.25, 0.3) is 0 Å². The topological polar surface area (TPSA) is 106 Å². The monoisotopic (exact) mass is 514 g/mol. The summed E-state index contributed by atoms with van der Waals surface area (Å²) in [5.74, 6) is -4.29. The number of nitrogens with two attached hydrogens (primary N) is 1. The number of hydrogen-bond donors (Lipinski definition) is 3. The van der Waals surface area contributed by atoms with Crippen LogP contribution < -0.4 is 16.4 Å². The number of carbonyl (C=O) groups excluding carboxylic acids is 2. The minimum atomic E-state index is -4.48. The average Bonchev–Trinajstić information content (AvgIpc) is 2.81. The second kappa shape index (κ2) is 11.6. The Bertz CT molecular complexity index is 1030. The Morgan fingerprint density at radius 3 is 2.44 bits per heavy atom. The van der Waals surface area contributed by atoms with E-state index in [1.165, 1.54) is 18.3 Å². The van der Waals surface area contributed by atoms with Gasteiger partial charge in [0.15, 0.2) is 0 Å². The molecule has 0 radical (unpaired) electrons. The smallest absolute Gasteiger partial charge is 0.408 e. The lowest BCUT2D eigenvalue weighted by Gasteiger charge is -2.33. The Hall–Kier alpha value is -3.28. The second-order valence-electron chi connectivity index (χ2n) is 8.77. The van der Waals surface area contributed by atoms with Crippen LogP contribution in [0.3, 0.4) is 0 Å². The predicted molar refractivity (Wildman–Crippen MR) is 121 cm³/mol. The Balaban J connectivity index is 1.70. The van der Waals surface area contributed by atoms with Crippen LogP contribution in [-0.4, -0.2) is 35.1 Å². The van der Waals surface area contributed by atoms with Gasteiger partial charge in [-0.15, -0.1) is 0 Å². The molecule has 2 amide bonds. The summed E-state index contributed by atoms with van der Waals surface area (Å²) in [7, 11) is 0. The van der Waals surface area contributed by atoms with Gasteiger partial charge in [0, 0.05) is 25.1 Å². The molecule has 36 heavy (non-hydrogen) atoms. The van der Waals surface area contributed by atoms with Gasteiger partial charge in [0.2, 0.25) is 11.8 Å². The number of hydrogen-bond acceptors (Lipinski definition) is 5. The maximum atomic E-state index is 13.7. The number of nitrogens with zero attached hydrogens (tertiary/aromatic N) is 1. The highest BCUT2D eigenvalue weighted by atomic mass is 19.4. The van der Waals surface area contributed by atoms with Gasteiger partial charge in [-0.1, -0.05) is 30.3 Å². The summed E-state index contributed by atoms with van der Waals surface area (Å²) in [4.78, 5) is 29.4. The van der Waals surface area contributed by atoms with Crippen LogP contribution in [0, 0.1) is 5.92 Å². The zero-order chi connectivity index (χ0) is 26.3. The fourth-order valence-corrected chi connectivity index (χ4v) is 4.00. The average molecular weight is 514 g/mol. The molecule has 1 saturated carbocycles. The third-order valence-corrected chi connectivity index (χ3v) is 5.92. The number of aromatic nitrogens is 1. The molecule has 3 rings (SSSR count). The number of alkyl carbamates (subject to hydrolysis) is 1. The summed E-state index contributed by atoms with van der Waals surface area (Å²) < 4.78 is 70.6. The van der Waals surface area contributed by atoms with Crippen LogP contribution >= 0.6 is 0 Å². The largest absolute Gasteiger partial charge is 0.445 e. The lowest BCUT2D eigenvalue weighted by atomic mass is 9.81. The maximum absolute atomic E-state index is 13.7. The summed E-state index contributed by atoms with van der Waals surface area (Å²) in [6.07, 6.45) is -6.39. The highest BCUT2D eigenvalue weighted by molar-refractivity contribution is 5.96. The van der Waals surface area contributed by atoms with Crippen molar-refractivity contribution < 1.29 is 36.3 Å². The molecule has 0 spiro atoms. The van der Waals surface area contributed by atoms with Crippen molar-refractivity contribution in [2.24, 2.45) is 11.7 Å². The molecule has 12 heteroatoms. The molecular formula is C24H27F5N4O3. The number of anilines is 1. The first-order chi connectivity index (χ1) is 16.9. The fourth-order valence-electron chi connectivity index (χ4n) is 4.00. The number of pyridine rings is 1. The van der Waals surface area contributed by atoms with E-state index in [2.05, 4.69) is 15.6 Å². The molecule has 1 unspecified atom stereocenters. The number of halogens is 5. The second-order valence-corrected chi connectivity index (χ2v) is 8.77. The Kier molecular flexibility index (Phi) is 8.83. The van der Waals surface area contributed by atoms with Crippen LogP contribution in [0.5, 0.6) is 0 Å². The summed E-state index contributed by atoms with van der Waals surface area (Å²) in [6.45, 7) is -0.0650. The minimum absolute atomic E-state index is 0.0199. The minimum Gasteiger partial charge on any atom is -0.445 e. The molecule has 1 aromatic heterocycles. The van der Waals surface area contributed by atoms with E-state index in [4.69, 9.17) is 10.5 Å². The zero-order valence-electron chi connectivity index (χ0n) is 19.2. The molecule has 1 aromatic carbocycles. The van der Waals surface area contributed by atoms with E-state index in [1.807, 2.05) is 0 Å². The molecule has 4 N–H and O–H groups in total. The number of rotatable bonds is 8. The molecule has 1 aliphatic carbocycles. The first-order valence-electron chi connectivity index (χ1n) is 11.4. The third kappa shape index (κ3) is 8.43. The van der Waals surface area contributed by atoms with Gasteiger partial charge >= 0.3 is 12.3 Å². The van der Waals surface area contributed by atoms with Crippen LogP contribution in [0.1, 0.15) is 49.3 Å². The van der Waals surface area contributed by atoms with Gasteiger partial charge in [-0.25, -0.2) is 18.6 Å². The number of nitrogens with one attached hydrogen (secondary N) is 2. The van der Waals surface area contributed by atoms with Gasteiger partial charge in [0.1, 0.15) is 18.5 Å². The maximum Gasteiger partial charge on any atom is 0.408 e. The van der Waals surface area contributed by atoms with Gasteiger partial charge in [-0.05, 0) is 42.0 Å². The number of carbonyl (C=O) groups is 2. The molecule has 1 aliphatic rings. The van der Waals surface area contributed by atoms with Crippen molar-refractivity contribution in [1.82, 2.24) is 10.3 Å². The molecule has 0 aliphatic heterocycles. The standard InChI is InChI=1S/C24H27F5N4O3/c25-23(26)9-6-16(7-10-23)20(33-22(35)36-14-15-4-2-1-3-5-15)21(34)32-19-12-17(8-11-31-19)18(30)13-24(27,28)29/h1-5,8,11-12,16,18,20H,6-7,9-10,13-14,30H2,(H,33,35)(H,31,32,34)/t18?,20-/m0/s1. The molecule has 2 atom stereocenters. The van der Waals surface area contributed by atoms with Crippen molar-refractivity contribution in [2.75, 3.05) is 5.32 Å². The third-order valence-electron chi connectivity index (χ3n) is 5.92. The predicted octanol–water partition coefficient (Wildman–Crippen LogP) is 5.09. The number of alkyl halides is 5. The molecule has 1 fully saturated rings. The number of benzene rings is 1. The van der Waals surface area contributed by atoms with Gasteiger partial charge in [-0.3, -0.25) is 4.79 Å². The van der Waals surface area contributed by atoms with E-state index in [9.17, 15) is 31.5 Å². The summed E-state index contributed by atoms with van der Waals surface area (Å²) in [5, 5.41) is 4.91. The summed E-state index contributed by atoms with van der Waals surface area (Å²) in [6, 6.07) is 8.70. The van der Waals surface area contributed by atoms with Gasteiger partial charge in [0.05, 0.1) is 6.42 Å². The van der Waals surface area contributed by atoms with Crippen molar-refractivity contribution in [3.05, 3.63) is 59.8 Å². The van der Waals surface area contributed by atoms with Crippen molar-refractivity contribution in [1.29, 1.82) is 0 Å². The molecule has 0 saturated heterocycles. The number of amides is 2. The molecule has 7 nitrogen and oxygen atoms in total. The normalized spacial score (nSPS) is 17.6. The van der Waals surface area contributed by atoms with E-state index < -0.39 is 61.4 Å². The lowest BCUT2D eigenvalue weighted by Crippen LogP contribution is -2.50. The summed E-state index contributed by atoms with van der Waals surface area (Å²) in [5.41, 5.74) is 6.43. The van der Waals surface area contributed by atoms with Crippen LogP contribution in [0.25, 0.3) is 0 Å². The lowest BCUT2D eigenvalue weighted by molar-refractivity contribution is -0.138. The SMILES string of the molecule is NC(CC(F)(F)F)c1ccnc(NC(=O)[C@@H](NC(=O)OCc2ccccc2)C2CCC(F)(F)CC2)c1. The Morgan fingerprint density at radius 2 is 1.81 bits per heavy atom. The highest BCUT2D eigenvalue weighted by Crippen LogP contribution is 2.38. The van der Waals surface area contributed by atoms with E-state index in [1.54, 1.807) is 30.3 Å². The quantitative estimate of drug-likeness (QED) is 0.426. The van der Waals surface area contributed by atoms with Gasteiger partial charge < -0.3 is 21.1 Å². The molecule has 2 aromatic rings. The molecular weight excluding hydrogens is 487 g/mol. The Labute approximate surface area is 204 Å².